The standard InChI is InChI=1S/C20H23N3O3/c1-13(2)17-9-8-16(19(25)21-17)20(26)22-10-11-23(18(24)12-22)15-6-4-14(3)5-7-15/h4-9,13H,10-12H2,1-3H3,(H,21,25). The van der Waals surface area contributed by atoms with Crippen LogP contribution in [0, 0.1) is 6.92 Å². The lowest BCUT2D eigenvalue weighted by atomic mass is 10.1. The molecule has 1 fully saturated rings. The Kier molecular flexibility index (Phi) is 4.93. The van der Waals surface area contributed by atoms with E-state index in [1.54, 1.807) is 17.0 Å². The number of benzene rings is 1. The Balaban J connectivity index is 1.74. The van der Waals surface area contributed by atoms with E-state index in [9.17, 15) is 14.4 Å². The van der Waals surface area contributed by atoms with E-state index in [0.717, 1.165) is 16.9 Å². The Morgan fingerprint density at radius 2 is 1.73 bits per heavy atom. The van der Waals surface area contributed by atoms with Gasteiger partial charge >= 0.3 is 0 Å². The van der Waals surface area contributed by atoms with Gasteiger partial charge < -0.3 is 14.8 Å². The van der Waals surface area contributed by atoms with Gasteiger partial charge in [0.25, 0.3) is 11.5 Å². The van der Waals surface area contributed by atoms with Gasteiger partial charge in [0.2, 0.25) is 5.91 Å². The molecule has 2 aromatic rings. The summed E-state index contributed by atoms with van der Waals surface area (Å²) in [5, 5.41) is 0. The van der Waals surface area contributed by atoms with Crippen LogP contribution in [0.1, 0.15) is 41.4 Å². The molecule has 1 N–H and O–H groups in total. The second kappa shape index (κ2) is 7.15. The fourth-order valence-corrected chi connectivity index (χ4v) is 3.01. The number of aromatic amines is 1. The molecule has 1 aromatic carbocycles. The first-order valence-electron chi connectivity index (χ1n) is 8.76. The van der Waals surface area contributed by atoms with Crippen LogP contribution in [-0.2, 0) is 4.79 Å². The van der Waals surface area contributed by atoms with Crippen LogP contribution >= 0.6 is 0 Å². The normalized spacial score (nSPS) is 14.8. The molecule has 0 spiro atoms. The SMILES string of the molecule is Cc1ccc(N2CCN(C(=O)c3ccc(C(C)C)[nH]c3=O)CC2=O)cc1. The molecule has 0 atom stereocenters. The average Bonchev–Trinajstić information content (AvgIpc) is 2.62. The molecule has 0 bridgehead atoms. The van der Waals surface area contributed by atoms with E-state index in [-0.39, 0.29) is 23.9 Å². The summed E-state index contributed by atoms with van der Waals surface area (Å²) >= 11 is 0. The van der Waals surface area contributed by atoms with Gasteiger partial charge in [-0.3, -0.25) is 14.4 Å². The molecule has 1 aliphatic rings. The number of amides is 2. The number of rotatable bonds is 3. The molecule has 0 unspecified atom stereocenters. The molecule has 1 saturated heterocycles. The Hall–Kier alpha value is -2.89. The molecule has 1 aliphatic heterocycles. The number of carbonyl (C=O) groups is 2. The van der Waals surface area contributed by atoms with Gasteiger partial charge in [-0.2, -0.15) is 0 Å². The molecule has 0 radical (unpaired) electrons. The van der Waals surface area contributed by atoms with Crippen molar-refractivity contribution in [3.63, 3.8) is 0 Å². The van der Waals surface area contributed by atoms with Crippen molar-refractivity contribution in [3.05, 3.63) is 63.6 Å². The van der Waals surface area contributed by atoms with E-state index in [1.165, 1.54) is 4.90 Å². The van der Waals surface area contributed by atoms with Gasteiger partial charge in [-0.1, -0.05) is 31.5 Å². The molecule has 1 aromatic heterocycles. The van der Waals surface area contributed by atoms with Crippen molar-refractivity contribution in [2.75, 3.05) is 24.5 Å². The Labute approximate surface area is 152 Å². The highest BCUT2D eigenvalue weighted by Crippen LogP contribution is 2.19. The first-order chi connectivity index (χ1) is 12.4. The number of nitrogens with one attached hydrogen (secondary N) is 1. The van der Waals surface area contributed by atoms with E-state index in [4.69, 9.17) is 0 Å². The number of pyridine rings is 1. The number of anilines is 1. The van der Waals surface area contributed by atoms with Crippen LogP contribution < -0.4 is 10.5 Å². The highest BCUT2D eigenvalue weighted by Gasteiger charge is 2.29. The second-order valence-corrected chi connectivity index (χ2v) is 6.92. The van der Waals surface area contributed by atoms with Crippen LogP contribution in [-0.4, -0.2) is 41.3 Å². The lowest BCUT2D eigenvalue weighted by Crippen LogP contribution is -2.53. The van der Waals surface area contributed by atoms with E-state index in [1.807, 2.05) is 45.0 Å². The number of aromatic nitrogens is 1. The lowest BCUT2D eigenvalue weighted by Gasteiger charge is -2.34. The van der Waals surface area contributed by atoms with Gasteiger partial charge in [0.1, 0.15) is 12.1 Å². The number of carbonyl (C=O) groups excluding carboxylic acids is 2. The Bertz CT molecular complexity index is 884. The van der Waals surface area contributed by atoms with Crippen LogP contribution in [0.5, 0.6) is 0 Å². The minimum Gasteiger partial charge on any atom is -0.327 e. The van der Waals surface area contributed by atoms with Gasteiger partial charge in [0.05, 0.1) is 0 Å². The summed E-state index contributed by atoms with van der Waals surface area (Å²) in [4.78, 5) is 43.3. The summed E-state index contributed by atoms with van der Waals surface area (Å²) in [7, 11) is 0. The maximum atomic E-state index is 12.7. The summed E-state index contributed by atoms with van der Waals surface area (Å²) in [6, 6.07) is 11.0. The Morgan fingerprint density at radius 3 is 2.31 bits per heavy atom. The predicted molar refractivity (Wildman–Crippen MR) is 101 cm³/mol. The van der Waals surface area contributed by atoms with Gasteiger partial charge in [-0.15, -0.1) is 0 Å². The summed E-state index contributed by atoms with van der Waals surface area (Å²) in [5.74, 6) is -0.381. The van der Waals surface area contributed by atoms with Crippen molar-refractivity contribution >= 4 is 17.5 Å². The summed E-state index contributed by atoms with van der Waals surface area (Å²) in [6.45, 7) is 6.70. The molecule has 0 saturated carbocycles. The van der Waals surface area contributed by atoms with Crippen LogP contribution in [0.3, 0.4) is 0 Å². The number of nitrogens with zero attached hydrogens (tertiary/aromatic N) is 2. The van der Waals surface area contributed by atoms with E-state index >= 15 is 0 Å². The number of hydrogen-bond acceptors (Lipinski definition) is 3. The van der Waals surface area contributed by atoms with Crippen LogP contribution in [0.15, 0.2) is 41.2 Å². The fraction of sp³-hybridized carbons (Fsp3) is 0.350. The van der Waals surface area contributed by atoms with E-state index in [0.29, 0.717) is 13.1 Å². The quantitative estimate of drug-likeness (QED) is 0.920. The zero-order valence-corrected chi connectivity index (χ0v) is 15.3. The Morgan fingerprint density at radius 1 is 1.04 bits per heavy atom. The maximum absolute atomic E-state index is 12.7. The lowest BCUT2D eigenvalue weighted by molar-refractivity contribution is -0.120. The minimum atomic E-state index is -0.408. The third kappa shape index (κ3) is 3.54. The van der Waals surface area contributed by atoms with Crippen molar-refractivity contribution in [1.29, 1.82) is 0 Å². The number of H-pyrrole nitrogens is 1. The van der Waals surface area contributed by atoms with Gasteiger partial charge in [0, 0.05) is 24.5 Å². The van der Waals surface area contributed by atoms with Crippen molar-refractivity contribution in [2.45, 2.75) is 26.7 Å². The zero-order valence-electron chi connectivity index (χ0n) is 15.3. The van der Waals surface area contributed by atoms with Crippen molar-refractivity contribution in [1.82, 2.24) is 9.88 Å². The van der Waals surface area contributed by atoms with Gasteiger partial charge in [0.15, 0.2) is 0 Å². The third-order valence-electron chi connectivity index (χ3n) is 4.64. The minimum absolute atomic E-state index is 0.0297. The van der Waals surface area contributed by atoms with Crippen LogP contribution in [0.4, 0.5) is 5.69 Å². The molecular weight excluding hydrogens is 330 g/mol. The first kappa shape index (κ1) is 17.9. The molecule has 6 heteroatoms. The number of aryl methyl sites for hydroxylation is 1. The smallest absolute Gasteiger partial charge is 0.261 e. The number of hydrogen-bond donors (Lipinski definition) is 1. The monoisotopic (exact) mass is 353 g/mol. The average molecular weight is 353 g/mol. The summed E-state index contributed by atoms with van der Waals surface area (Å²) < 4.78 is 0. The van der Waals surface area contributed by atoms with Crippen molar-refractivity contribution in [2.24, 2.45) is 0 Å². The molecule has 3 rings (SSSR count). The highest BCUT2D eigenvalue weighted by atomic mass is 16.2. The van der Waals surface area contributed by atoms with Crippen LogP contribution in [0.25, 0.3) is 0 Å². The van der Waals surface area contributed by atoms with E-state index < -0.39 is 11.5 Å². The number of piperazine rings is 1. The first-order valence-corrected chi connectivity index (χ1v) is 8.76. The molecule has 2 heterocycles. The summed E-state index contributed by atoms with van der Waals surface area (Å²) in [6.07, 6.45) is 0. The third-order valence-corrected chi connectivity index (χ3v) is 4.64. The van der Waals surface area contributed by atoms with Gasteiger partial charge in [-0.25, -0.2) is 0 Å². The fourth-order valence-electron chi connectivity index (χ4n) is 3.01. The van der Waals surface area contributed by atoms with Crippen molar-refractivity contribution in [3.8, 4) is 0 Å². The summed E-state index contributed by atoms with van der Waals surface area (Å²) in [5.41, 5.74) is 2.40. The van der Waals surface area contributed by atoms with Gasteiger partial charge in [-0.05, 0) is 37.1 Å². The highest BCUT2D eigenvalue weighted by molar-refractivity contribution is 6.01. The second-order valence-electron chi connectivity index (χ2n) is 6.92. The predicted octanol–water partition coefficient (Wildman–Crippen LogP) is 2.30. The molecule has 0 aliphatic carbocycles. The largest absolute Gasteiger partial charge is 0.327 e. The molecular formula is C20H23N3O3. The zero-order chi connectivity index (χ0) is 18.8. The van der Waals surface area contributed by atoms with E-state index in [2.05, 4.69) is 4.98 Å². The van der Waals surface area contributed by atoms with Crippen LogP contribution in [0.2, 0.25) is 0 Å². The molecule has 6 nitrogen and oxygen atoms in total. The maximum Gasteiger partial charge on any atom is 0.261 e. The van der Waals surface area contributed by atoms with Crippen molar-refractivity contribution < 1.29 is 9.59 Å². The topological polar surface area (TPSA) is 73.5 Å². The molecule has 136 valence electrons. The molecule has 2 amide bonds. The molecule has 26 heavy (non-hydrogen) atoms.